The molecule has 5 heteroatoms. The maximum Gasteiger partial charge on any atom is 0.172 e. The van der Waals surface area contributed by atoms with Crippen LogP contribution in [-0.4, -0.2) is 30.4 Å². The van der Waals surface area contributed by atoms with Crippen molar-refractivity contribution in [1.29, 1.82) is 0 Å². The number of rotatable bonds is 11. The van der Waals surface area contributed by atoms with Crippen molar-refractivity contribution in [2.75, 3.05) is 13.2 Å². The number of para-hydroxylation sites is 1. The maximum absolute atomic E-state index is 10.1. The highest BCUT2D eigenvalue weighted by molar-refractivity contribution is 5.48. The molecule has 2 N–H and O–H groups in total. The van der Waals surface area contributed by atoms with Gasteiger partial charge in [-0.3, -0.25) is 0 Å². The van der Waals surface area contributed by atoms with E-state index in [1.165, 1.54) is 0 Å². The summed E-state index contributed by atoms with van der Waals surface area (Å²) in [5.41, 5.74) is 1.07. The number of aliphatic hydroxyl groups is 1. The number of aliphatic hydroxyl groups excluding tert-OH is 1. The summed E-state index contributed by atoms with van der Waals surface area (Å²) < 4.78 is 17.8. The van der Waals surface area contributed by atoms with E-state index in [4.69, 9.17) is 14.2 Å². The number of ether oxygens (including phenoxy) is 3. The molecule has 0 aliphatic carbocycles. The Morgan fingerprint density at radius 3 is 2.20 bits per heavy atom. The van der Waals surface area contributed by atoms with Crippen LogP contribution < -0.4 is 19.5 Å². The molecule has 0 aliphatic rings. The van der Waals surface area contributed by atoms with E-state index in [0.29, 0.717) is 42.2 Å². The van der Waals surface area contributed by atoms with Crippen molar-refractivity contribution < 1.29 is 19.3 Å². The quantitative estimate of drug-likeness (QED) is 0.478. The Labute approximate surface area is 178 Å². The predicted octanol–water partition coefficient (Wildman–Crippen LogP) is 4.80. The Morgan fingerprint density at radius 2 is 1.50 bits per heavy atom. The third-order valence-corrected chi connectivity index (χ3v) is 4.33. The molecule has 5 nitrogen and oxygen atoms in total. The molecule has 0 amide bonds. The monoisotopic (exact) mass is 407 g/mol. The fourth-order valence-electron chi connectivity index (χ4n) is 2.75. The van der Waals surface area contributed by atoms with E-state index in [0.717, 1.165) is 5.56 Å². The first-order valence-corrected chi connectivity index (χ1v) is 10.2. The Morgan fingerprint density at radius 1 is 0.800 bits per heavy atom. The molecule has 0 radical (unpaired) electrons. The van der Waals surface area contributed by atoms with E-state index in [1.807, 2.05) is 86.6 Å². The molecule has 3 rings (SSSR count). The van der Waals surface area contributed by atoms with Crippen LogP contribution >= 0.6 is 0 Å². The van der Waals surface area contributed by atoms with Gasteiger partial charge in [-0.1, -0.05) is 62.4 Å². The average Bonchev–Trinajstić information content (AvgIpc) is 2.77. The van der Waals surface area contributed by atoms with Crippen LogP contribution in [0.15, 0.2) is 78.9 Å². The summed E-state index contributed by atoms with van der Waals surface area (Å²) >= 11 is 0. The van der Waals surface area contributed by atoms with Gasteiger partial charge in [0.25, 0.3) is 0 Å². The normalized spacial score (nSPS) is 11.9. The first kappa shape index (κ1) is 21.7. The molecule has 0 saturated carbocycles. The topological polar surface area (TPSA) is 60.0 Å². The SMILES string of the molecule is CC(C)NC[C@@H](O)COc1ccc(OCc2ccccc2)c(Oc2ccccc2)c1. The molecule has 0 spiro atoms. The average molecular weight is 408 g/mol. The Hall–Kier alpha value is -3.02. The summed E-state index contributed by atoms with van der Waals surface area (Å²) in [5.74, 6) is 2.50. The minimum atomic E-state index is -0.597. The molecule has 3 aromatic carbocycles. The highest BCUT2D eigenvalue weighted by Crippen LogP contribution is 2.35. The summed E-state index contributed by atoms with van der Waals surface area (Å²) in [6.45, 7) is 5.17. The first-order valence-electron chi connectivity index (χ1n) is 10.2. The third-order valence-electron chi connectivity index (χ3n) is 4.33. The highest BCUT2D eigenvalue weighted by Gasteiger charge is 2.11. The van der Waals surface area contributed by atoms with Crippen LogP contribution in [0.3, 0.4) is 0 Å². The van der Waals surface area contributed by atoms with Crippen molar-refractivity contribution in [1.82, 2.24) is 5.32 Å². The number of benzene rings is 3. The summed E-state index contributed by atoms with van der Waals surface area (Å²) in [7, 11) is 0. The van der Waals surface area contributed by atoms with E-state index in [1.54, 1.807) is 6.07 Å². The molecule has 30 heavy (non-hydrogen) atoms. The van der Waals surface area contributed by atoms with E-state index in [-0.39, 0.29) is 6.61 Å². The lowest BCUT2D eigenvalue weighted by Gasteiger charge is -2.17. The molecule has 0 aromatic heterocycles. The molecule has 1 atom stereocenters. The van der Waals surface area contributed by atoms with Gasteiger partial charge < -0.3 is 24.6 Å². The largest absolute Gasteiger partial charge is 0.491 e. The van der Waals surface area contributed by atoms with Crippen molar-refractivity contribution in [3.63, 3.8) is 0 Å². The lowest BCUT2D eigenvalue weighted by molar-refractivity contribution is 0.104. The van der Waals surface area contributed by atoms with Crippen LogP contribution in [0.2, 0.25) is 0 Å². The van der Waals surface area contributed by atoms with Gasteiger partial charge in [-0.2, -0.15) is 0 Å². The number of hydrogen-bond donors (Lipinski definition) is 2. The molecule has 0 saturated heterocycles. The van der Waals surface area contributed by atoms with Crippen molar-refractivity contribution in [2.45, 2.75) is 32.6 Å². The summed E-state index contributed by atoms with van der Waals surface area (Å²) in [6, 6.07) is 25.3. The molecule has 0 fully saturated rings. The lowest BCUT2D eigenvalue weighted by atomic mass is 10.2. The zero-order valence-corrected chi connectivity index (χ0v) is 17.5. The molecule has 0 heterocycles. The second kappa shape index (κ2) is 11.2. The predicted molar refractivity (Wildman–Crippen MR) is 118 cm³/mol. The summed E-state index contributed by atoms with van der Waals surface area (Å²) in [6.07, 6.45) is -0.597. The number of hydrogen-bond acceptors (Lipinski definition) is 5. The lowest BCUT2D eigenvalue weighted by Crippen LogP contribution is -2.35. The van der Waals surface area contributed by atoms with Gasteiger partial charge in [-0.25, -0.2) is 0 Å². The van der Waals surface area contributed by atoms with Gasteiger partial charge in [0, 0.05) is 18.7 Å². The van der Waals surface area contributed by atoms with Gasteiger partial charge in [-0.15, -0.1) is 0 Å². The maximum atomic E-state index is 10.1. The highest BCUT2D eigenvalue weighted by atomic mass is 16.5. The minimum Gasteiger partial charge on any atom is -0.491 e. The Kier molecular flexibility index (Phi) is 8.12. The van der Waals surface area contributed by atoms with Crippen LogP contribution in [0, 0.1) is 0 Å². The van der Waals surface area contributed by atoms with Gasteiger partial charge in [-0.05, 0) is 29.8 Å². The van der Waals surface area contributed by atoms with Crippen molar-refractivity contribution >= 4 is 0 Å². The molecular weight excluding hydrogens is 378 g/mol. The number of nitrogens with one attached hydrogen (secondary N) is 1. The second-order valence-corrected chi connectivity index (χ2v) is 7.33. The minimum absolute atomic E-state index is 0.189. The zero-order valence-electron chi connectivity index (χ0n) is 17.5. The van der Waals surface area contributed by atoms with Gasteiger partial charge in [0.05, 0.1) is 0 Å². The van der Waals surface area contributed by atoms with Gasteiger partial charge in [0.1, 0.15) is 30.8 Å². The van der Waals surface area contributed by atoms with Crippen LogP contribution in [0.5, 0.6) is 23.0 Å². The fraction of sp³-hybridized carbons (Fsp3) is 0.280. The van der Waals surface area contributed by atoms with Crippen molar-refractivity contribution in [2.24, 2.45) is 0 Å². The third kappa shape index (κ3) is 7.10. The first-order chi connectivity index (χ1) is 14.6. The van der Waals surface area contributed by atoms with Crippen molar-refractivity contribution in [3.8, 4) is 23.0 Å². The molecule has 0 unspecified atom stereocenters. The van der Waals surface area contributed by atoms with E-state index >= 15 is 0 Å². The Bertz CT molecular complexity index is 884. The van der Waals surface area contributed by atoms with E-state index < -0.39 is 6.10 Å². The molecular formula is C25H29NO4. The van der Waals surface area contributed by atoms with Crippen LogP contribution in [-0.2, 0) is 6.61 Å². The van der Waals surface area contributed by atoms with Crippen LogP contribution in [0.25, 0.3) is 0 Å². The molecule has 3 aromatic rings. The van der Waals surface area contributed by atoms with Gasteiger partial charge in [0.2, 0.25) is 0 Å². The second-order valence-electron chi connectivity index (χ2n) is 7.33. The smallest absolute Gasteiger partial charge is 0.172 e. The van der Waals surface area contributed by atoms with Crippen LogP contribution in [0.4, 0.5) is 0 Å². The van der Waals surface area contributed by atoms with Gasteiger partial charge >= 0.3 is 0 Å². The summed E-state index contributed by atoms with van der Waals surface area (Å²) in [5, 5.41) is 13.3. The van der Waals surface area contributed by atoms with Crippen molar-refractivity contribution in [3.05, 3.63) is 84.4 Å². The fourth-order valence-corrected chi connectivity index (χ4v) is 2.75. The van der Waals surface area contributed by atoms with Gasteiger partial charge in [0.15, 0.2) is 11.5 Å². The van der Waals surface area contributed by atoms with E-state index in [2.05, 4.69) is 5.32 Å². The Balaban J connectivity index is 1.70. The zero-order chi connectivity index (χ0) is 21.2. The summed E-state index contributed by atoms with van der Waals surface area (Å²) in [4.78, 5) is 0. The van der Waals surface area contributed by atoms with Crippen LogP contribution in [0.1, 0.15) is 19.4 Å². The molecule has 0 aliphatic heterocycles. The standard InChI is InChI=1S/C25H29NO4/c1-19(2)26-16-21(27)18-28-23-13-14-24(29-17-20-9-5-3-6-10-20)25(15-23)30-22-11-7-4-8-12-22/h3-15,19,21,26-27H,16-18H2,1-2H3/t21-/m1/s1. The molecule has 0 bridgehead atoms. The molecule has 158 valence electrons. The van der Waals surface area contributed by atoms with E-state index in [9.17, 15) is 5.11 Å².